The molecule has 0 amide bonds. The lowest BCUT2D eigenvalue weighted by Gasteiger charge is -2.39. The van der Waals surface area contributed by atoms with Gasteiger partial charge in [0.05, 0.1) is 0 Å². The van der Waals surface area contributed by atoms with E-state index >= 15 is 0 Å². The Morgan fingerprint density at radius 3 is 2.54 bits per heavy atom. The fourth-order valence-corrected chi connectivity index (χ4v) is 4.36. The quantitative estimate of drug-likeness (QED) is 0.590. The summed E-state index contributed by atoms with van der Waals surface area (Å²) in [6.07, 6.45) is 5.82. The van der Waals surface area contributed by atoms with Crippen molar-refractivity contribution in [2.24, 2.45) is 0 Å². The first-order valence-electron chi connectivity index (χ1n) is 5.47. The summed E-state index contributed by atoms with van der Waals surface area (Å²) in [6.45, 7) is 7.06. The van der Waals surface area contributed by atoms with Crippen LogP contribution < -0.4 is 0 Å². The van der Waals surface area contributed by atoms with Gasteiger partial charge in [0.2, 0.25) is 0 Å². The zero-order chi connectivity index (χ0) is 9.47. The van der Waals surface area contributed by atoms with Crippen LogP contribution in [-0.2, 0) is 0 Å². The summed E-state index contributed by atoms with van der Waals surface area (Å²) in [5.41, 5.74) is 0.379. The number of rotatable bonds is 0. The Balaban J connectivity index is 2.07. The van der Waals surface area contributed by atoms with E-state index in [0.29, 0.717) is 5.54 Å². The maximum atomic E-state index is 2.71. The van der Waals surface area contributed by atoms with E-state index in [1.807, 2.05) is 0 Å². The van der Waals surface area contributed by atoms with E-state index in [1.165, 1.54) is 31.6 Å². The Labute approximate surface area is 86.3 Å². The molecule has 0 aromatic carbocycles. The van der Waals surface area contributed by atoms with Crippen molar-refractivity contribution >= 4 is 11.8 Å². The van der Waals surface area contributed by atoms with Crippen LogP contribution in [0.2, 0.25) is 0 Å². The van der Waals surface area contributed by atoms with E-state index in [4.69, 9.17) is 0 Å². The molecule has 1 nitrogen and oxygen atoms in total. The number of thioether (sulfide) groups is 1. The lowest BCUT2D eigenvalue weighted by Crippen LogP contribution is -2.47. The summed E-state index contributed by atoms with van der Waals surface area (Å²) in [5, 5.41) is 0.952. The van der Waals surface area contributed by atoms with Crippen molar-refractivity contribution in [3.05, 3.63) is 0 Å². The van der Waals surface area contributed by atoms with Crippen LogP contribution in [0.15, 0.2) is 0 Å². The lowest BCUT2D eigenvalue weighted by molar-refractivity contribution is 0.101. The van der Waals surface area contributed by atoms with E-state index in [2.05, 4.69) is 37.4 Å². The molecule has 1 aliphatic heterocycles. The van der Waals surface area contributed by atoms with Gasteiger partial charge in [0, 0.05) is 22.7 Å². The average molecular weight is 199 g/mol. The third-order valence-corrected chi connectivity index (χ3v) is 4.76. The third-order valence-electron chi connectivity index (χ3n) is 3.36. The van der Waals surface area contributed by atoms with E-state index in [-0.39, 0.29) is 0 Å². The standard InChI is InChI=1S/C11H21NS/c1-11(2,3)12-8-13-10-7-5-4-6-9(10)12/h9-10H,4-8H2,1-3H3. The van der Waals surface area contributed by atoms with Crippen molar-refractivity contribution in [2.45, 2.75) is 63.3 Å². The molecule has 0 bridgehead atoms. The fourth-order valence-electron chi connectivity index (χ4n) is 2.59. The van der Waals surface area contributed by atoms with Gasteiger partial charge in [-0.05, 0) is 33.6 Å². The largest absolute Gasteiger partial charge is 0.285 e. The first-order valence-corrected chi connectivity index (χ1v) is 6.52. The molecule has 1 heterocycles. The Bertz CT molecular complexity index is 185. The van der Waals surface area contributed by atoms with Crippen LogP contribution in [0.5, 0.6) is 0 Å². The van der Waals surface area contributed by atoms with Crippen LogP contribution in [0.3, 0.4) is 0 Å². The van der Waals surface area contributed by atoms with Gasteiger partial charge in [-0.2, -0.15) is 0 Å². The molecule has 2 unspecified atom stereocenters. The molecule has 0 radical (unpaired) electrons. The SMILES string of the molecule is CC(C)(C)N1CSC2CCCCC21. The van der Waals surface area contributed by atoms with Crippen molar-refractivity contribution in [3.63, 3.8) is 0 Å². The Morgan fingerprint density at radius 1 is 1.15 bits per heavy atom. The fraction of sp³-hybridized carbons (Fsp3) is 1.00. The van der Waals surface area contributed by atoms with Crippen LogP contribution in [-0.4, -0.2) is 27.6 Å². The second-order valence-electron chi connectivity index (χ2n) is 5.33. The molecule has 2 rings (SSSR count). The number of hydrogen-bond donors (Lipinski definition) is 0. The lowest BCUT2D eigenvalue weighted by atomic mass is 9.91. The second kappa shape index (κ2) is 3.47. The predicted octanol–water partition coefficient (Wildman–Crippen LogP) is 3.10. The summed E-state index contributed by atoms with van der Waals surface area (Å²) in [6, 6.07) is 0.888. The minimum Gasteiger partial charge on any atom is -0.285 e. The van der Waals surface area contributed by atoms with Gasteiger partial charge in [-0.3, -0.25) is 4.90 Å². The minimum absolute atomic E-state index is 0.379. The molecular weight excluding hydrogens is 178 g/mol. The highest BCUT2D eigenvalue weighted by atomic mass is 32.2. The summed E-state index contributed by atoms with van der Waals surface area (Å²) in [5.74, 6) is 1.26. The zero-order valence-corrected chi connectivity index (χ0v) is 9.86. The molecule has 2 atom stereocenters. The van der Waals surface area contributed by atoms with Crippen LogP contribution in [0.25, 0.3) is 0 Å². The number of nitrogens with zero attached hydrogens (tertiary/aromatic N) is 1. The molecule has 2 heteroatoms. The molecule has 0 aromatic heterocycles. The van der Waals surface area contributed by atoms with Crippen LogP contribution in [0.1, 0.15) is 46.5 Å². The normalized spacial score (nSPS) is 36.2. The van der Waals surface area contributed by atoms with Gasteiger partial charge in [0.25, 0.3) is 0 Å². The van der Waals surface area contributed by atoms with Crippen molar-refractivity contribution in [1.29, 1.82) is 0 Å². The van der Waals surface area contributed by atoms with Crippen molar-refractivity contribution in [3.8, 4) is 0 Å². The van der Waals surface area contributed by atoms with Gasteiger partial charge in [-0.25, -0.2) is 0 Å². The van der Waals surface area contributed by atoms with Crippen molar-refractivity contribution in [2.75, 3.05) is 5.88 Å². The minimum atomic E-state index is 0.379. The Morgan fingerprint density at radius 2 is 1.85 bits per heavy atom. The van der Waals surface area contributed by atoms with Crippen molar-refractivity contribution in [1.82, 2.24) is 4.90 Å². The van der Waals surface area contributed by atoms with E-state index in [0.717, 1.165) is 11.3 Å². The summed E-state index contributed by atoms with van der Waals surface area (Å²) >= 11 is 2.19. The number of hydrogen-bond acceptors (Lipinski definition) is 2. The predicted molar refractivity (Wildman–Crippen MR) is 60.1 cm³/mol. The molecule has 0 spiro atoms. The van der Waals surface area contributed by atoms with Gasteiger partial charge in [-0.15, -0.1) is 11.8 Å². The molecule has 13 heavy (non-hydrogen) atoms. The van der Waals surface area contributed by atoms with Gasteiger partial charge < -0.3 is 0 Å². The maximum Gasteiger partial charge on any atom is 0.0456 e. The first kappa shape index (κ1) is 9.85. The van der Waals surface area contributed by atoms with E-state index in [9.17, 15) is 0 Å². The summed E-state index contributed by atoms with van der Waals surface area (Å²) in [7, 11) is 0. The summed E-state index contributed by atoms with van der Waals surface area (Å²) in [4.78, 5) is 2.71. The highest BCUT2D eigenvalue weighted by Crippen LogP contribution is 2.41. The number of fused-ring (bicyclic) bond motifs is 1. The Hall–Kier alpha value is 0.310. The van der Waals surface area contributed by atoms with Crippen LogP contribution in [0.4, 0.5) is 0 Å². The third kappa shape index (κ3) is 1.89. The molecule has 2 aliphatic rings. The average Bonchev–Trinajstić information content (AvgIpc) is 2.45. The van der Waals surface area contributed by atoms with Gasteiger partial charge in [-0.1, -0.05) is 12.8 Å². The zero-order valence-electron chi connectivity index (χ0n) is 9.05. The first-order chi connectivity index (χ1) is 6.09. The van der Waals surface area contributed by atoms with Crippen LogP contribution in [0, 0.1) is 0 Å². The maximum absolute atomic E-state index is 2.71. The highest BCUT2D eigenvalue weighted by molar-refractivity contribution is 8.00. The van der Waals surface area contributed by atoms with Gasteiger partial charge in [0.1, 0.15) is 0 Å². The molecule has 0 aromatic rings. The molecule has 76 valence electrons. The molecule has 1 saturated carbocycles. The van der Waals surface area contributed by atoms with Crippen LogP contribution >= 0.6 is 11.8 Å². The Kier molecular flexibility index (Phi) is 2.63. The van der Waals surface area contributed by atoms with Gasteiger partial charge in [0.15, 0.2) is 0 Å². The monoisotopic (exact) mass is 199 g/mol. The van der Waals surface area contributed by atoms with E-state index < -0.39 is 0 Å². The van der Waals surface area contributed by atoms with Crippen molar-refractivity contribution < 1.29 is 0 Å². The highest BCUT2D eigenvalue weighted by Gasteiger charge is 2.40. The molecule has 0 N–H and O–H groups in total. The van der Waals surface area contributed by atoms with Gasteiger partial charge >= 0.3 is 0 Å². The molecule has 1 aliphatic carbocycles. The smallest absolute Gasteiger partial charge is 0.0456 e. The second-order valence-corrected chi connectivity index (χ2v) is 6.52. The topological polar surface area (TPSA) is 3.24 Å². The molecule has 2 fully saturated rings. The molecular formula is C11H21NS. The molecule has 1 saturated heterocycles. The summed E-state index contributed by atoms with van der Waals surface area (Å²) < 4.78 is 0. The van der Waals surface area contributed by atoms with E-state index in [1.54, 1.807) is 0 Å².